The summed E-state index contributed by atoms with van der Waals surface area (Å²) in [5, 5.41) is 9.90. The van der Waals surface area contributed by atoms with Gasteiger partial charge in [-0.2, -0.15) is 0 Å². The zero-order valence-corrected chi connectivity index (χ0v) is 15.7. The van der Waals surface area contributed by atoms with E-state index in [4.69, 9.17) is 9.47 Å². The molecule has 0 aliphatic rings. The third-order valence-electron chi connectivity index (χ3n) is 3.53. The molecule has 0 saturated carbocycles. The van der Waals surface area contributed by atoms with Gasteiger partial charge >= 0.3 is 6.92 Å². The lowest BCUT2D eigenvalue weighted by atomic mass is 9.64. The molecule has 0 amide bonds. The zero-order valence-electron chi connectivity index (χ0n) is 15.7. The Hall–Kier alpha value is -2.20. The number of rotatable bonds is 7. The molecule has 2 rings (SSSR count). The van der Waals surface area contributed by atoms with Gasteiger partial charge in [0, 0.05) is 0 Å². The summed E-state index contributed by atoms with van der Waals surface area (Å²) in [6.45, 7) is 9.24. The third-order valence-corrected chi connectivity index (χ3v) is 3.53. The van der Waals surface area contributed by atoms with Crippen LogP contribution in [-0.2, 0) is 0 Å². The average Bonchev–Trinajstić information content (AvgIpc) is 2.53. The Labute approximate surface area is 151 Å². The molecule has 2 aromatic rings. The number of hydrogen-bond acceptors (Lipinski definition) is 3. The van der Waals surface area contributed by atoms with Gasteiger partial charge < -0.3 is 14.5 Å². The monoisotopic (exact) mass is 338 g/mol. The molecule has 0 bridgehead atoms. The van der Waals surface area contributed by atoms with E-state index in [1.165, 1.54) is 0 Å². The predicted molar refractivity (Wildman–Crippen MR) is 107 cm³/mol. The highest BCUT2D eigenvalue weighted by Crippen LogP contribution is 2.18. The number of benzene rings is 2. The van der Waals surface area contributed by atoms with Crippen LogP contribution < -0.4 is 14.9 Å². The highest BCUT2D eigenvalue weighted by atomic mass is 16.5. The van der Waals surface area contributed by atoms with Crippen molar-refractivity contribution in [2.75, 3.05) is 0 Å². The number of hydrogen-bond donors (Lipinski definition) is 1. The Balaban J connectivity index is 2.20. The minimum atomic E-state index is -0.532. The van der Waals surface area contributed by atoms with E-state index in [0.717, 1.165) is 28.1 Å². The van der Waals surface area contributed by atoms with E-state index in [9.17, 15) is 5.02 Å². The summed E-state index contributed by atoms with van der Waals surface area (Å²) in [7, 11) is 0. The fourth-order valence-corrected chi connectivity index (χ4v) is 2.45. The van der Waals surface area contributed by atoms with Crippen molar-refractivity contribution in [1.29, 1.82) is 0 Å². The third kappa shape index (κ3) is 6.31. The first kappa shape index (κ1) is 19.1. The zero-order chi connectivity index (χ0) is 18.4. The van der Waals surface area contributed by atoms with Gasteiger partial charge in [-0.05, 0) is 68.6 Å². The van der Waals surface area contributed by atoms with E-state index in [0.29, 0.717) is 0 Å². The number of ether oxygens (including phenoxy) is 2. The van der Waals surface area contributed by atoms with Crippen molar-refractivity contribution in [1.82, 2.24) is 0 Å². The summed E-state index contributed by atoms with van der Waals surface area (Å²) in [6, 6.07) is 13.8. The maximum absolute atomic E-state index is 9.90. The minimum absolute atomic E-state index is 0.0922. The molecule has 0 aliphatic carbocycles. The van der Waals surface area contributed by atoms with Crippen molar-refractivity contribution >= 4 is 24.5 Å². The molecule has 0 radical (unpaired) electrons. The van der Waals surface area contributed by atoms with Gasteiger partial charge in [-0.1, -0.05) is 37.2 Å². The van der Waals surface area contributed by atoms with Crippen LogP contribution in [0.1, 0.15) is 38.8 Å². The van der Waals surface area contributed by atoms with Crippen molar-refractivity contribution < 1.29 is 14.5 Å². The highest BCUT2D eigenvalue weighted by Gasteiger charge is 2.10. The van der Waals surface area contributed by atoms with Crippen molar-refractivity contribution in [3.63, 3.8) is 0 Å². The smallest absolute Gasteiger partial charge is 0.320 e. The maximum atomic E-state index is 9.90. The lowest BCUT2D eigenvalue weighted by molar-refractivity contribution is 0.242. The van der Waals surface area contributed by atoms with Crippen LogP contribution in [0, 0.1) is 0 Å². The van der Waals surface area contributed by atoms with Crippen molar-refractivity contribution in [3.05, 3.63) is 53.6 Å². The van der Waals surface area contributed by atoms with Crippen LogP contribution in [0.25, 0.3) is 12.2 Å². The first-order valence-corrected chi connectivity index (χ1v) is 8.78. The first-order chi connectivity index (χ1) is 11.8. The molecule has 0 fully saturated rings. The minimum Gasteiger partial charge on any atom is -0.491 e. The van der Waals surface area contributed by atoms with Crippen LogP contribution >= 0.6 is 0 Å². The van der Waals surface area contributed by atoms with E-state index < -0.39 is 6.92 Å². The van der Waals surface area contributed by atoms with Crippen molar-refractivity contribution in [2.45, 2.75) is 46.7 Å². The van der Waals surface area contributed by atoms with Gasteiger partial charge in [0.1, 0.15) is 11.5 Å². The van der Waals surface area contributed by atoms with E-state index in [1.807, 2.05) is 82.3 Å². The molecule has 0 unspecified atom stereocenters. The second kappa shape index (κ2) is 8.77. The fourth-order valence-electron chi connectivity index (χ4n) is 2.45. The average molecular weight is 338 g/mol. The quantitative estimate of drug-likeness (QED) is 0.606. The summed E-state index contributed by atoms with van der Waals surface area (Å²) in [5.41, 5.74) is 2.93. The lowest BCUT2D eigenvalue weighted by Crippen LogP contribution is -2.26. The normalized spacial score (nSPS) is 11.4. The van der Waals surface area contributed by atoms with Crippen LogP contribution in [0.5, 0.6) is 11.5 Å². The van der Waals surface area contributed by atoms with E-state index in [2.05, 4.69) is 0 Å². The Bertz CT molecular complexity index is 704. The molecule has 25 heavy (non-hydrogen) atoms. The maximum Gasteiger partial charge on any atom is 0.320 e. The molecule has 4 heteroatoms. The molecule has 132 valence electrons. The molecule has 0 atom stereocenters. The van der Waals surface area contributed by atoms with Gasteiger partial charge in [-0.3, -0.25) is 0 Å². The first-order valence-electron chi connectivity index (χ1n) is 8.78. The van der Waals surface area contributed by atoms with Crippen molar-refractivity contribution in [2.24, 2.45) is 0 Å². The van der Waals surface area contributed by atoms with E-state index in [-0.39, 0.29) is 12.2 Å². The molecule has 3 nitrogen and oxygen atoms in total. The summed E-state index contributed by atoms with van der Waals surface area (Å²) in [4.78, 5) is 0. The fraction of sp³-hybridized carbons (Fsp3) is 0.333. The van der Waals surface area contributed by atoms with Gasteiger partial charge in [-0.25, -0.2) is 0 Å². The van der Waals surface area contributed by atoms with Crippen molar-refractivity contribution in [3.8, 4) is 11.5 Å². The second-order valence-corrected chi connectivity index (χ2v) is 6.75. The van der Waals surface area contributed by atoms with Gasteiger partial charge in [0.25, 0.3) is 0 Å². The van der Waals surface area contributed by atoms with Crippen LogP contribution in [0.2, 0.25) is 6.82 Å². The summed E-state index contributed by atoms with van der Waals surface area (Å²) in [5.74, 6) is 1.64. The Morgan fingerprint density at radius 2 is 1.36 bits per heavy atom. The molecular weight excluding hydrogens is 311 g/mol. The van der Waals surface area contributed by atoms with Gasteiger partial charge in [-0.15, -0.1) is 0 Å². The molecular formula is C21H27BO3. The molecule has 0 heterocycles. The lowest BCUT2D eigenvalue weighted by Gasteiger charge is -2.13. The van der Waals surface area contributed by atoms with Crippen LogP contribution in [0.15, 0.2) is 42.5 Å². The second-order valence-electron chi connectivity index (χ2n) is 6.75. The summed E-state index contributed by atoms with van der Waals surface area (Å²) >= 11 is 0. The Kier molecular flexibility index (Phi) is 6.71. The molecule has 0 spiro atoms. The summed E-state index contributed by atoms with van der Waals surface area (Å²) < 4.78 is 11.4. The largest absolute Gasteiger partial charge is 0.491 e. The molecule has 1 N–H and O–H groups in total. The standard InChI is InChI=1S/C21H27BO3/c1-15(2)24-20-10-8-17(9-11-20)6-7-18-12-19(22(5)23)14-21(13-18)25-16(3)4/h6-16,23H,1-5H3/b7-6+. The topological polar surface area (TPSA) is 38.7 Å². The Morgan fingerprint density at radius 3 is 1.92 bits per heavy atom. The van der Waals surface area contributed by atoms with Gasteiger partial charge in [0.2, 0.25) is 0 Å². The molecule has 2 aromatic carbocycles. The van der Waals surface area contributed by atoms with Crippen LogP contribution in [-0.4, -0.2) is 24.1 Å². The summed E-state index contributed by atoms with van der Waals surface area (Å²) in [6.07, 6.45) is 4.33. The van der Waals surface area contributed by atoms with Gasteiger partial charge in [0.05, 0.1) is 12.2 Å². The SMILES string of the molecule is CB(O)c1cc(/C=C/c2ccc(OC(C)C)cc2)cc(OC(C)C)c1. The van der Waals surface area contributed by atoms with Gasteiger partial charge in [0.15, 0.2) is 0 Å². The molecule has 0 aromatic heterocycles. The molecule has 0 aliphatic heterocycles. The highest BCUT2D eigenvalue weighted by molar-refractivity contribution is 6.64. The molecule has 0 saturated heterocycles. The predicted octanol–water partition coefficient (Wildman–Crippen LogP) is 4.25. The van der Waals surface area contributed by atoms with Crippen LogP contribution in [0.4, 0.5) is 0 Å². The Morgan fingerprint density at radius 1 is 0.800 bits per heavy atom. The van der Waals surface area contributed by atoms with E-state index in [1.54, 1.807) is 6.82 Å². The van der Waals surface area contributed by atoms with Crippen LogP contribution in [0.3, 0.4) is 0 Å². The van der Waals surface area contributed by atoms with E-state index >= 15 is 0 Å².